The molecule has 0 aromatic heterocycles. The summed E-state index contributed by atoms with van der Waals surface area (Å²) in [5.41, 5.74) is 0. The van der Waals surface area contributed by atoms with Crippen LogP contribution in [0.5, 0.6) is 11.5 Å². The number of carbonyl (C=O) groups is 1. The Labute approximate surface area is 143 Å². The molecule has 0 unspecified atom stereocenters. The maximum absolute atomic E-state index is 12.3. The van der Waals surface area contributed by atoms with E-state index in [1.165, 1.54) is 4.31 Å². The van der Waals surface area contributed by atoms with Crippen molar-refractivity contribution in [2.45, 2.75) is 13.3 Å². The summed E-state index contributed by atoms with van der Waals surface area (Å²) in [5.74, 6) is 1.01. The van der Waals surface area contributed by atoms with Gasteiger partial charge in [-0.2, -0.15) is 0 Å². The molecule has 24 heavy (non-hydrogen) atoms. The standard InChI is InChI=1S/C16H24N2O5S/c1-3-24(20,21)18-10-6-9-17(11-12-18)16(19)13-23-15-8-5-4-7-14(15)22-2/h4-5,7-8H,3,6,9-13H2,1-2H3. The topological polar surface area (TPSA) is 76.2 Å². The highest BCUT2D eigenvalue weighted by Crippen LogP contribution is 2.25. The van der Waals surface area contributed by atoms with Crippen LogP contribution in [0.15, 0.2) is 24.3 Å². The number of hydrogen-bond acceptors (Lipinski definition) is 5. The van der Waals surface area contributed by atoms with Crippen molar-refractivity contribution in [3.63, 3.8) is 0 Å². The number of hydrogen-bond donors (Lipinski definition) is 0. The third-order valence-corrected chi connectivity index (χ3v) is 5.87. The van der Waals surface area contributed by atoms with Gasteiger partial charge in [-0.15, -0.1) is 0 Å². The van der Waals surface area contributed by atoms with Crippen LogP contribution in [0.1, 0.15) is 13.3 Å². The first kappa shape index (κ1) is 18.5. The molecule has 1 saturated heterocycles. The van der Waals surface area contributed by atoms with E-state index in [4.69, 9.17) is 9.47 Å². The number of sulfonamides is 1. The number of carbonyl (C=O) groups excluding carboxylic acids is 1. The monoisotopic (exact) mass is 356 g/mol. The van der Waals surface area contributed by atoms with E-state index >= 15 is 0 Å². The molecule has 134 valence electrons. The van der Waals surface area contributed by atoms with Crippen LogP contribution < -0.4 is 9.47 Å². The number of benzene rings is 1. The number of nitrogens with zero attached hydrogens (tertiary/aromatic N) is 2. The Balaban J connectivity index is 1.91. The summed E-state index contributed by atoms with van der Waals surface area (Å²) in [6.07, 6.45) is 0.625. The summed E-state index contributed by atoms with van der Waals surface area (Å²) in [6, 6.07) is 7.14. The van der Waals surface area contributed by atoms with Gasteiger partial charge in [0, 0.05) is 26.2 Å². The minimum absolute atomic E-state index is 0.0812. The molecular formula is C16H24N2O5S. The summed E-state index contributed by atoms with van der Waals surface area (Å²) >= 11 is 0. The van der Waals surface area contributed by atoms with E-state index in [2.05, 4.69) is 0 Å². The van der Waals surface area contributed by atoms with Crippen molar-refractivity contribution in [3.8, 4) is 11.5 Å². The van der Waals surface area contributed by atoms with Crippen LogP contribution in [0, 0.1) is 0 Å². The lowest BCUT2D eigenvalue weighted by atomic mass is 10.3. The normalized spacial score (nSPS) is 16.5. The quantitative estimate of drug-likeness (QED) is 0.759. The van der Waals surface area contributed by atoms with Crippen molar-refractivity contribution in [2.24, 2.45) is 0 Å². The Morgan fingerprint density at radius 1 is 1.12 bits per heavy atom. The third-order valence-electron chi connectivity index (χ3n) is 3.99. The van der Waals surface area contributed by atoms with Crippen LogP contribution in [0.2, 0.25) is 0 Å². The number of rotatable bonds is 6. The Kier molecular flexibility index (Phi) is 6.44. The lowest BCUT2D eigenvalue weighted by Crippen LogP contribution is -2.39. The lowest BCUT2D eigenvalue weighted by molar-refractivity contribution is -0.133. The summed E-state index contributed by atoms with van der Waals surface area (Å²) in [4.78, 5) is 14.0. The van der Waals surface area contributed by atoms with Gasteiger partial charge in [0.1, 0.15) is 0 Å². The number of para-hydroxylation sites is 2. The fourth-order valence-electron chi connectivity index (χ4n) is 2.57. The summed E-state index contributed by atoms with van der Waals surface area (Å²) < 4.78 is 36.1. The van der Waals surface area contributed by atoms with E-state index in [-0.39, 0.29) is 18.3 Å². The highest BCUT2D eigenvalue weighted by atomic mass is 32.2. The van der Waals surface area contributed by atoms with Crippen LogP contribution in [0.3, 0.4) is 0 Å². The van der Waals surface area contributed by atoms with Gasteiger partial charge in [0.2, 0.25) is 10.0 Å². The molecule has 1 aromatic rings. The molecule has 0 atom stereocenters. The van der Waals surface area contributed by atoms with E-state index in [0.29, 0.717) is 44.1 Å². The van der Waals surface area contributed by atoms with Crippen molar-refractivity contribution >= 4 is 15.9 Å². The number of methoxy groups -OCH3 is 1. The summed E-state index contributed by atoms with van der Waals surface area (Å²) in [6.45, 7) is 3.23. The zero-order valence-electron chi connectivity index (χ0n) is 14.1. The summed E-state index contributed by atoms with van der Waals surface area (Å²) in [5, 5.41) is 0. The van der Waals surface area contributed by atoms with Gasteiger partial charge in [-0.3, -0.25) is 4.79 Å². The van der Waals surface area contributed by atoms with Crippen LogP contribution in [0.25, 0.3) is 0 Å². The van der Waals surface area contributed by atoms with Gasteiger partial charge < -0.3 is 14.4 Å². The highest BCUT2D eigenvalue weighted by Gasteiger charge is 2.25. The average Bonchev–Trinajstić information content (AvgIpc) is 2.86. The molecule has 1 aliphatic rings. The fourth-order valence-corrected chi connectivity index (χ4v) is 3.70. The second-order valence-corrected chi connectivity index (χ2v) is 7.73. The van der Waals surface area contributed by atoms with Gasteiger partial charge in [0.05, 0.1) is 12.9 Å². The Bertz CT molecular complexity index is 662. The fraction of sp³-hybridized carbons (Fsp3) is 0.562. The lowest BCUT2D eigenvalue weighted by Gasteiger charge is -2.21. The van der Waals surface area contributed by atoms with E-state index in [9.17, 15) is 13.2 Å². The Morgan fingerprint density at radius 3 is 2.50 bits per heavy atom. The molecule has 1 aliphatic heterocycles. The molecule has 2 rings (SSSR count). The average molecular weight is 356 g/mol. The van der Waals surface area contributed by atoms with Crippen molar-refractivity contribution < 1.29 is 22.7 Å². The van der Waals surface area contributed by atoms with Gasteiger partial charge in [0.25, 0.3) is 5.91 Å². The largest absolute Gasteiger partial charge is 0.493 e. The van der Waals surface area contributed by atoms with E-state index in [0.717, 1.165) is 0 Å². The molecule has 0 radical (unpaired) electrons. The molecule has 0 saturated carbocycles. The van der Waals surface area contributed by atoms with Gasteiger partial charge in [-0.05, 0) is 25.5 Å². The van der Waals surface area contributed by atoms with Gasteiger partial charge >= 0.3 is 0 Å². The minimum atomic E-state index is -3.21. The molecule has 1 amide bonds. The first-order valence-corrected chi connectivity index (χ1v) is 9.60. The SMILES string of the molecule is CCS(=O)(=O)N1CCCN(C(=O)COc2ccccc2OC)CC1. The molecule has 1 heterocycles. The zero-order valence-corrected chi connectivity index (χ0v) is 14.9. The third kappa shape index (κ3) is 4.61. The first-order valence-electron chi connectivity index (χ1n) is 7.99. The van der Waals surface area contributed by atoms with Gasteiger partial charge in [-0.25, -0.2) is 12.7 Å². The molecule has 1 fully saturated rings. The molecule has 0 bridgehead atoms. The Morgan fingerprint density at radius 2 is 1.83 bits per heavy atom. The maximum atomic E-state index is 12.3. The van der Waals surface area contributed by atoms with Gasteiger partial charge in [-0.1, -0.05) is 12.1 Å². The van der Waals surface area contributed by atoms with Crippen molar-refractivity contribution in [2.75, 3.05) is 45.6 Å². The smallest absolute Gasteiger partial charge is 0.260 e. The minimum Gasteiger partial charge on any atom is -0.493 e. The molecule has 0 aliphatic carbocycles. The second kappa shape index (κ2) is 8.34. The molecule has 8 heteroatoms. The molecule has 0 spiro atoms. The van der Waals surface area contributed by atoms with E-state index in [1.807, 2.05) is 12.1 Å². The van der Waals surface area contributed by atoms with Crippen molar-refractivity contribution in [1.82, 2.24) is 9.21 Å². The van der Waals surface area contributed by atoms with Gasteiger partial charge in [0.15, 0.2) is 18.1 Å². The van der Waals surface area contributed by atoms with Crippen molar-refractivity contribution in [1.29, 1.82) is 0 Å². The predicted octanol–water partition coefficient (Wildman–Crippen LogP) is 0.958. The molecular weight excluding hydrogens is 332 g/mol. The summed E-state index contributed by atoms with van der Waals surface area (Å²) in [7, 11) is -1.67. The number of ether oxygens (including phenoxy) is 2. The van der Waals surface area contributed by atoms with Crippen LogP contribution in [0.4, 0.5) is 0 Å². The maximum Gasteiger partial charge on any atom is 0.260 e. The van der Waals surface area contributed by atoms with Crippen molar-refractivity contribution in [3.05, 3.63) is 24.3 Å². The van der Waals surface area contributed by atoms with E-state index in [1.54, 1.807) is 31.1 Å². The zero-order chi connectivity index (χ0) is 17.6. The number of amides is 1. The molecule has 7 nitrogen and oxygen atoms in total. The first-order chi connectivity index (χ1) is 11.5. The van der Waals surface area contributed by atoms with Crippen LogP contribution in [-0.2, 0) is 14.8 Å². The van der Waals surface area contributed by atoms with Crippen LogP contribution in [-0.4, -0.2) is 69.2 Å². The van der Waals surface area contributed by atoms with E-state index < -0.39 is 10.0 Å². The molecule has 1 aromatic carbocycles. The second-order valence-electron chi connectivity index (χ2n) is 5.47. The highest BCUT2D eigenvalue weighted by molar-refractivity contribution is 7.89. The molecule has 0 N–H and O–H groups in total. The Hall–Kier alpha value is -1.80. The van der Waals surface area contributed by atoms with Crippen LogP contribution >= 0.6 is 0 Å². The predicted molar refractivity (Wildman–Crippen MR) is 90.7 cm³/mol.